The van der Waals surface area contributed by atoms with Gasteiger partial charge in [0.2, 0.25) is 0 Å². The van der Waals surface area contributed by atoms with Gasteiger partial charge in [0, 0.05) is 23.3 Å². The van der Waals surface area contributed by atoms with Gasteiger partial charge in [0.05, 0.1) is 12.7 Å². The van der Waals surface area contributed by atoms with Gasteiger partial charge in [-0.2, -0.15) is 0 Å². The van der Waals surface area contributed by atoms with Crippen LogP contribution in [0.5, 0.6) is 0 Å². The number of rotatable bonds is 2. The second-order valence-electron chi connectivity index (χ2n) is 3.17. The minimum Gasteiger partial charge on any atom is -0.320 e. The summed E-state index contributed by atoms with van der Waals surface area (Å²) in [4.78, 5) is 15.8. The first-order chi connectivity index (χ1) is 8.79. The molecule has 0 spiro atoms. The zero-order valence-corrected chi connectivity index (χ0v) is 10.1. The molecule has 18 heavy (non-hydrogen) atoms. The highest BCUT2D eigenvalue weighted by Gasteiger charge is 2.08. The Labute approximate surface area is 107 Å². The fraction of sp³-hybridized carbons (Fsp3) is 0.0909. The van der Waals surface area contributed by atoms with Crippen LogP contribution in [0.25, 0.3) is 0 Å². The third kappa shape index (κ3) is 3.10. The van der Waals surface area contributed by atoms with E-state index in [9.17, 15) is 4.79 Å². The fourth-order valence-corrected chi connectivity index (χ4v) is 1.57. The van der Waals surface area contributed by atoms with Gasteiger partial charge in [0.1, 0.15) is 10.7 Å². The number of nitrogens with two attached hydrogens (primary N) is 1. The first-order valence-electron chi connectivity index (χ1n) is 5.03. The SMILES string of the molecule is NCC#Cc1ccc(C(=O)Nc2cnns2)nc1. The number of hydrogen-bond donors (Lipinski definition) is 2. The van der Waals surface area contributed by atoms with E-state index in [-0.39, 0.29) is 5.91 Å². The van der Waals surface area contributed by atoms with E-state index in [2.05, 4.69) is 31.7 Å². The summed E-state index contributed by atoms with van der Waals surface area (Å²) in [6, 6.07) is 3.32. The molecular formula is C11H9N5OS. The van der Waals surface area contributed by atoms with Crippen LogP contribution in [-0.4, -0.2) is 27.0 Å². The third-order valence-electron chi connectivity index (χ3n) is 1.93. The van der Waals surface area contributed by atoms with Gasteiger partial charge in [-0.15, -0.1) is 5.10 Å². The second kappa shape index (κ2) is 5.86. The standard InChI is InChI=1S/C11H9N5OS/c12-5-1-2-8-3-4-9(13-6-8)11(17)15-10-7-14-16-18-10/h3-4,6-7H,5,12H2,(H,15,17). The number of pyridine rings is 1. The van der Waals surface area contributed by atoms with Crippen LogP contribution < -0.4 is 11.1 Å². The lowest BCUT2D eigenvalue weighted by Gasteiger charge is -2.00. The lowest BCUT2D eigenvalue weighted by molar-refractivity contribution is 0.102. The molecule has 0 aliphatic heterocycles. The molecule has 0 bridgehead atoms. The van der Waals surface area contributed by atoms with Gasteiger partial charge in [0.15, 0.2) is 0 Å². The molecular weight excluding hydrogens is 250 g/mol. The van der Waals surface area contributed by atoms with E-state index in [1.165, 1.54) is 12.4 Å². The van der Waals surface area contributed by atoms with E-state index in [1.54, 1.807) is 12.1 Å². The maximum atomic E-state index is 11.8. The van der Waals surface area contributed by atoms with Crippen molar-refractivity contribution >= 4 is 22.4 Å². The Balaban J connectivity index is 2.07. The molecule has 0 saturated heterocycles. The molecule has 2 aromatic rings. The lowest BCUT2D eigenvalue weighted by Crippen LogP contribution is -2.12. The monoisotopic (exact) mass is 259 g/mol. The van der Waals surface area contributed by atoms with Crippen LogP contribution >= 0.6 is 11.5 Å². The van der Waals surface area contributed by atoms with Crippen molar-refractivity contribution in [3.8, 4) is 11.8 Å². The number of nitrogens with one attached hydrogen (secondary N) is 1. The van der Waals surface area contributed by atoms with E-state index in [4.69, 9.17) is 5.73 Å². The van der Waals surface area contributed by atoms with Crippen LogP contribution in [0.3, 0.4) is 0 Å². The summed E-state index contributed by atoms with van der Waals surface area (Å²) in [6.07, 6.45) is 3.01. The Bertz CT molecular complexity index is 582. The van der Waals surface area contributed by atoms with Gasteiger partial charge in [0.25, 0.3) is 5.91 Å². The van der Waals surface area contributed by atoms with Crippen molar-refractivity contribution in [1.82, 2.24) is 14.6 Å². The predicted molar refractivity (Wildman–Crippen MR) is 68.0 cm³/mol. The van der Waals surface area contributed by atoms with Crippen molar-refractivity contribution in [3.05, 3.63) is 35.8 Å². The Hall–Kier alpha value is -2.30. The van der Waals surface area contributed by atoms with E-state index in [0.717, 1.165) is 17.1 Å². The van der Waals surface area contributed by atoms with Crippen molar-refractivity contribution in [1.29, 1.82) is 0 Å². The zero-order valence-electron chi connectivity index (χ0n) is 9.25. The maximum absolute atomic E-state index is 11.8. The van der Waals surface area contributed by atoms with E-state index >= 15 is 0 Å². The molecule has 0 unspecified atom stereocenters. The van der Waals surface area contributed by atoms with Crippen LogP contribution in [0.15, 0.2) is 24.5 Å². The van der Waals surface area contributed by atoms with Gasteiger partial charge >= 0.3 is 0 Å². The molecule has 0 fully saturated rings. The van der Waals surface area contributed by atoms with Gasteiger partial charge in [-0.1, -0.05) is 16.3 Å². The van der Waals surface area contributed by atoms with Crippen LogP contribution in [0.4, 0.5) is 5.00 Å². The van der Waals surface area contributed by atoms with Crippen molar-refractivity contribution in [2.45, 2.75) is 0 Å². The fourth-order valence-electron chi connectivity index (χ4n) is 1.15. The molecule has 0 radical (unpaired) electrons. The van der Waals surface area contributed by atoms with Crippen molar-refractivity contribution in [3.63, 3.8) is 0 Å². The first kappa shape index (κ1) is 12.2. The Morgan fingerprint density at radius 1 is 1.44 bits per heavy atom. The average Bonchev–Trinajstić information content (AvgIpc) is 2.89. The molecule has 0 aliphatic rings. The predicted octanol–water partition coefficient (Wildman–Crippen LogP) is 0.496. The number of hydrogen-bond acceptors (Lipinski definition) is 6. The summed E-state index contributed by atoms with van der Waals surface area (Å²) < 4.78 is 3.64. The van der Waals surface area contributed by atoms with Gasteiger partial charge in [-0.05, 0) is 12.1 Å². The second-order valence-corrected chi connectivity index (χ2v) is 3.96. The van der Waals surface area contributed by atoms with Gasteiger partial charge in [-0.25, -0.2) is 4.98 Å². The number of anilines is 1. The highest BCUT2D eigenvalue weighted by molar-refractivity contribution is 7.10. The molecule has 0 aliphatic carbocycles. The Morgan fingerprint density at radius 3 is 2.94 bits per heavy atom. The molecule has 3 N–H and O–H groups in total. The number of amides is 1. The smallest absolute Gasteiger partial charge is 0.274 e. The molecule has 2 heterocycles. The maximum Gasteiger partial charge on any atom is 0.274 e. The molecule has 90 valence electrons. The Morgan fingerprint density at radius 2 is 2.33 bits per heavy atom. The molecule has 1 amide bonds. The summed E-state index contributed by atoms with van der Waals surface area (Å²) in [6.45, 7) is 0.292. The highest BCUT2D eigenvalue weighted by atomic mass is 32.1. The summed E-state index contributed by atoms with van der Waals surface area (Å²) in [7, 11) is 0. The van der Waals surface area contributed by atoms with Gasteiger partial charge < -0.3 is 11.1 Å². The molecule has 0 atom stereocenters. The van der Waals surface area contributed by atoms with Crippen LogP contribution in [0.1, 0.15) is 16.1 Å². The summed E-state index contributed by atoms with van der Waals surface area (Å²) in [5.74, 6) is 5.23. The molecule has 0 saturated carbocycles. The van der Waals surface area contributed by atoms with E-state index < -0.39 is 0 Å². The average molecular weight is 259 g/mol. The summed E-state index contributed by atoms with van der Waals surface area (Å²) in [5.41, 5.74) is 6.29. The topological polar surface area (TPSA) is 93.8 Å². The third-order valence-corrected chi connectivity index (χ3v) is 2.51. The number of aromatic nitrogens is 3. The minimum atomic E-state index is -0.306. The van der Waals surface area contributed by atoms with Crippen LogP contribution in [-0.2, 0) is 0 Å². The molecule has 2 rings (SSSR count). The zero-order chi connectivity index (χ0) is 12.8. The summed E-state index contributed by atoms with van der Waals surface area (Å²) >= 11 is 1.10. The normalized spacial score (nSPS) is 9.39. The van der Waals surface area contributed by atoms with E-state index in [1.807, 2.05) is 0 Å². The number of carbonyl (C=O) groups excluding carboxylic acids is 1. The molecule has 6 nitrogen and oxygen atoms in total. The summed E-state index contributed by atoms with van der Waals surface area (Å²) in [5, 5.41) is 6.83. The number of carbonyl (C=O) groups is 1. The largest absolute Gasteiger partial charge is 0.320 e. The van der Waals surface area contributed by atoms with Gasteiger partial charge in [-0.3, -0.25) is 4.79 Å². The minimum absolute atomic E-state index is 0.292. The molecule has 7 heteroatoms. The molecule has 2 aromatic heterocycles. The Kier molecular flexibility index (Phi) is 3.96. The van der Waals surface area contributed by atoms with Crippen LogP contribution in [0.2, 0.25) is 0 Å². The van der Waals surface area contributed by atoms with Crippen molar-refractivity contribution in [2.24, 2.45) is 5.73 Å². The first-order valence-corrected chi connectivity index (χ1v) is 5.80. The highest BCUT2D eigenvalue weighted by Crippen LogP contribution is 2.10. The van der Waals surface area contributed by atoms with E-state index in [0.29, 0.717) is 17.2 Å². The lowest BCUT2D eigenvalue weighted by atomic mass is 10.2. The van der Waals surface area contributed by atoms with Crippen LogP contribution in [0, 0.1) is 11.8 Å². The van der Waals surface area contributed by atoms with Crippen molar-refractivity contribution < 1.29 is 4.79 Å². The molecule has 0 aromatic carbocycles. The quantitative estimate of drug-likeness (QED) is 0.766. The van der Waals surface area contributed by atoms with Crippen molar-refractivity contribution in [2.75, 3.05) is 11.9 Å². The number of nitrogens with zero attached hydrogens (tertiary/aromatic N) is 3.